The average Bonchev–Trinajstić information content (AvgIpc) is 2.89. The van der Waals surface area contributed by atoms with Crippen molar-refractivity contribution in [1.29, 1.82) is 0 Å². The highest BCUT2D eigenvalue weighted by Gasteiger charge is 2.19. The van der Waals surface area contributed by atoms with Crippen LogP contribution >= 0.6 is 0 Å². The second kappa shape index (κ2) is 6.33. The summed E-state index contributed by atoms with van der Waals surface area (Å²) in [4.78, 5) is 11.4. The molecule has 5 heteroatoms. The van der Waals surface area contributed by atoms with Crippen LogP contribution in [0.25, 0.3) is 5.78 Å². The topological polar surface area (TPSA) is 45.5 Å². The van der Waals surface area contributed by atoms with Crippen LogP contribution in [0.1, 0.15) is 25.0 Å². The summed E-state index contributed by atoms with van der Waals surface area (Å²) in [5.74, 6) is 1.69. The van der Waals surface area contributed by atoms with E-state index in [0.29, 0.717) is 0 Å². The second-order valence-corrected chi connectivity index (χ2v) is 5.67. The number of piperidine rings is 1. The van der Waals surface area contributed by atoms with Crippen molar-refractivity contribution in [3.05, 3.63) is 30.4 Å². The number of rotatable bonds is 5. The van der Waals surface area contributed by atoms with Gasteiger partial charge in [-0.1, -0.05) is 0 Å². The summed E-state index contributed by atoms with van der Waals surface area (Å²) in [6.07, 6.45) is 9.82. The highest BCUT2D eigenvalue weighted by molar-refractivity contribution is 5.29. The molecule has 1 aliphatic heterocycles. The number of fused-ring (bicyclic) bond motifs is 1. The van der Waals surface area contributed by atoms with Gasteiger partial charge >= 0.3 is 0 Å². The first-order valence-corrected chi connectivity index (χ1v) is 7.50. The molecule has 1 fully saturated rings. The van der Waals surface area contributed by atoms with Gasteiger partial charge in [0.2, 0.25) is 5.78 Å². The normalized spacial score (nSPS) is 17.9. The molecule has 3 rings (SSSR count). The molecular weight excluding hydrogens is 250 g/mol. The monoisotopic (exact) mass is 273 g/mol. The third-order valence-corrected chi connectivity index (χ3v) is 4.18. The molecule has 0 atom stereocenters. The quantitative estimate of drug-likeness (QED) is 0.898. The third kappa shape index (κ3) is 3.16. The predicted molar refractivity (Wildman–Crippen MR) is 79.5 cm³/mol. The molecule has 3 heterocycles. The maximum Gasteiger partial charge on any atom is 0.233 e. The molecule has 0 saturated carbocycles. The Hall–Kier alpha value is -1.46. The van der Waals surface area contributed by atoms with Gasteiger partial charge in [0.25, 0.3) is 0 Å². The predicted octanol–water partition coefficient (Wildman–Crippen LogP) is 1.55. The van der Waals surface area contributed by atoms with Gasteiger partial charge in [-0.25, -0.2) is 9.97 Å². The first kappa shape index (κ1) is 13.5. The lowest BCUT2D eigenvalue weighted by molar-refractivity contribution is 0.171. The molecule has 108 valence electrons. The average molecular weight is 273 g/mol. The largest absolute Gasteiger partial charge is 0.320 e. The second-order valence-electron chi connectivity index (χ2n) is 5.67. The van der Waals surface area contributed by atoms with E-state index in [2.05, 4.69) is 26.4 Å². The van der Waals surface area contributed by atoms with Crippen LogP contribution in [0.15, 0.2) is 24.7 Å². The van der Waals surface area contributed by atoms with Crippen molar-refractivity contribution in [2.45, 2.75) is 25.8 Å². The Morgan fingerprint density at radius 2 is 2.20 bits per heavy atom. The molecule has 20 heavy (non-hydrogen) atoms. The summed E-state index contributed by atoms with van der Waals surface area (Å²) in [5.41, 5.74) is 1.12. The van der Waals surface area contributed by atoms with Crippen molar-refractivity contribution in [3.63, 3.8) is 0 Å². The molecule has 2 aromatic rings. The van der Waals surface area contributed by atoms with Gasteiger partial charge in [0, 0.05) is 25.1 Å². The summed E-state index contributed by atoms with van der Waals surface area (Å²) in [6.45, 7) is 4.47. The van der Waals surface area contributed by atoms with Gasteiger partial charge in [-0.05, 0) is 57.9 Å². The van der Waals surface area contributed by atoms with Crippen molar-refractivity contribution >= 4 is 5.78 Å². The van der Waals surface area contributed by atoms with Crippen molar-refractivity contribution in [2.24, 2.45) is 5.92 Å². The Kier molecular flexibility index (Phi) is 4.28. The summed E-state index contributed by atoms with van der Waals surface area (Å²) >= 11 is 0. The molecule has 1 N–H and O–H groups in total. The van der Waals surface area contributed by atoms with Crippen LogP contribution in [0.2, 0.25) is 0 Å². The minimum Gasteiger partial charge on any atom is -0.320 e. The van der Waals surface area contributed by atoms with E-state index in [0.717, 1.165) is 30.5 Å². The van der Waals surface area contributed by atoms with Crippen LogP contribution in [0.3, 0.4) is 0 Å². The highest BCUT2D eigenvalue weighted by atomic mass is 15.2. The van der Waals surface area contributed by atoms with Gasteiger partial charge in [0.05, 0.1) is 5.69 Å². The lowest BCUT2D eigenvalue weighted by Crippen LogP contribution is -2.34. The van der Waals surface area contributed by atoms with E-state index in [9.17, 15) is 0 Å². The van der Waals surface area contributed by atoms with Gasteiger partial charge in [0.15, 0.2) is 0 Å². The third-order valence-electron chi connectivity index (χ3n) is 4.18. The van der Waals surface area contributed by atoms with E-state index in [-0.39, 0.29) is 0 Å². The zero-order chi connectivity index (χ0) is 13.8. The Bertz CT molecular complexity index is 509. The molecule has 1 saturated heterocycles. The maximum absolute atomic E-state index is 4.58. The van der Waals surface area contributed by atoms with Crippen LogP contribution < -0.4 is 5.32 Å². The van der Waals surface area contributed by atoms with Gasteiger partial charge in [-0.15, -0.1) is 0 Å². The van der Waals surface area contributed by atoms with E-state index in [1.54, 1.807) is 6.20 Å². The minimum absolute atomic E-state index is 0.798. The number of nitrogens with zero attached hydrogens (tertiary/aromatic N) is 4. The van der Waals surface area contributed by atoms with Crippen LogP contribution in [0, 0.1) is 5.92 Å². The van der Waals surface area contributed by atoms with E-state index in [1.807, 2.05) is 23.7 Å². The molecule has 0 unspecified atom stereocenters. The minimum atomic E-state index is 0.798. The molecule has 0 aliphatic carbocycles. The van der Waals surface area contributed by atoms with Crippen LogP contribution in [0.4, 0.5) is 0 Å². The molecule has 0 radical (unpaired) electrons. The molecule has 0 aromatic carbocycles. The van der Waals surface area contributed by atoms with Gasteiger partial charge in [0.1, 0.15) is 0 Å². The number of aromatic nitrogens is 3. The van der Waals surface area contributed by atoms with Crippen molar-refractivity contribution in [3.8, 4) is 0 Å². The standard InChI is InChI=1S/C15H23N5/c1-16-7-3-13-4-9-19(10-5-13)11-14-12-20-8-2-6-17-15(20)18-14/h2,6,8,12-13,16H,3-5,7,9-11H2,1H3. The molecule has 0 bridgehead atoms. The Labute approximate surface area is 120 Å². The lowest BCUT2D eigenvalue weighted by atomic mass is 9.93. The van der Waals surface area contributed by atoms with Gasteiger partial charge in [-0.3, -0.25) is 9.30 Å². The number of imidazole rings is 1. The number of likely N-dealkylation sites (tertiary alicyclic amines) is 1. The summed E-state index contributed by atoms with van der Waals surface area (Å²) in [7, 11) is 2.03. The van der Waals surface area contributed by atoms with Crippen LogP contribution in [-0.4, -0.2) is 46.0 Å². The van der Waals surface area contributed by atoms with E-state index in [1.165, 1.54) is 32.4 Å². The fourth-order valence-corrected chi connectivity index (χ4v) is 2.97. The molecule has 1 aliphatic rings. The fourth-order valence-electron chi connectivity index (χ4n) is 2.97. The van der Waals surface area contributed by atoms with Crippen molar-refractivity contribution < 1.29 is 0 Å². The van der Waals surface area contributed by atoms with E-state index >= 15 is 0 Å². The molecule has 0 spiro atoms. The Morgan fingerprint density at radius 1 is 1.35 bits per heavy atom. The Morgan fingerprint density at radius 3 is 2.95 bits per heavy atom. The lowest BCUT2D eigenvalue weighted by Gasteiger charge is -2.31. The molecular formula is C15H23N5. The van der Waals surface area contributed by atoms with E-state index in [4.69, 9.17) is 0 Å². The maximum atomic E-state index is 4.58. The smallest absolute Gasteiger partial charge is 0.233 e. The highest BCUT2D eigenvalue weighted by Crippen LogP contribution is 2.21. The number of hydrogen-bond donors (Lipinski definition) is 1. The van der Waals surface area contributed by atoms with Gasteiger partial charge < -0.3 is 5.32 Å². The molecule has 5 nitrogen and oxygen atoms in total. The number of hydrogen-bond acceptors (Lipinski definition) is 4. The van der Waals surface area contributed by atoms with E-state index < -0.39 is 0 Å². The number of nitrogens with one attached hydrogen (secondary N) is 1. The first-order chi connectivity index (χ1) is 9.85. The summed E-state index contributed by atoms with van der Waals surface area (Å²) < 4.78 is 2.00. The van der Waals surface area contributed by atoms with Crippen LogP contribution in [0.5, 0.6) is 0 Å². The summed E-state index contributed by atoms with van der Waals surface area (Å²) in [6, 6.07) is 1.94. The Balaban J connectivity index is 1.54. The van der Waals surface area contributed by atoms with Gasteiger partial charge in [-0.2, -0.15) is 0 Å². The van der Waals surface area contributed by atoms with Crippen molar-refractivity contribution in [1.82, 2.24) is 24.6 Å². The SMILES string of the molecule is CNCCC1CCN(Cc2cn3cccnc3n2)CC1. The fraction of sp³-hybridized carbons (Fsp3) is 0.600. The van der Waals surface area contributed by atoms with Crippen LogP contribution in [-0.2, 0) is 6.54 Å². The molecule has 2 aromatic heterocycles. The summed E-state index contributed by atoms with van der Waals surface area (Å²) in [5, 5.41) is 3.25. The first-order valence-electron chi connectivity index (χ1n) is 7.50. The zero-order valence-electron chi connectivity index (χ0n) is 12.1. The molecule has 0 amide bonds. The zero-order valence-corrected chi connectivity index (χ0v) is 12.1. The van der Waals surface area contributed by atoms with Crippen molar-refractivity contribution in [2.75, 3.05) is 26.7 Å².